The number of esters is 1. The molecule has 24 heavy (non-hydrogen) atoms. The van der Waals surface area contributed by atoms with E-state index in [0.29, 0.717) is 13.0 Å². The van der Waals surface area contributed by atoms with Gasteiger partial charge in [0.05, 0.1) is 6.42 Å². The molecule has 0 spiro atoms. The van der Waals surface area contributed by atoms with E-state index in [1.54, 1.807) is 0 Å². The molecule has 3 rings (SSSR count). The Balaban J connectivity index is 1.71. The summed E-state index contributed by atoms with van der Waals surface area (Å²) < 4.78 is 5.46. The van der Waals surface area contributed by atoms with Crippen LogP contribution in [-0.2, 0) is 16.1 Å². The summed E-state index contributed by atoms with van der Waals surface area (Å²) in [5.74, 6) is -0.174. The Kier molecular flexibility index (Phi) is 5.41. The van der Waals surface area contributed by atoms with E-state index in [1.165, 1.54) is 0 Å². The van der Waals surface area contributed by atoms with Crippen molar-refractivity contribution in [2.24, 2.45) is 0 Å². The number of rotatable bonds is 6. The molecule has 3 aromatic rings. The third-order valence-corrected chi connectivity index (χ3v) is 4.02. The standard InChI is InChI=1S/C22H20O2/c23-22(24-17-18-10-4-1-5-11-18)16-21(19-12-6-2-7-13-19)20-14-8-3-9-15-20/h1-15,21H,16-17H2. The first-order valence-corrected chi connectivity index (χ1v) is 8.12. The van der Waals surface area contributed by atoms with E-state index in [9.17, 15) is 4.79 Å². The van der Waals surface area contributed by atoms with Crippen LogP contribution in [0.2, 0.25) is 0 Å². The third-order valence-electron chi connectivity index (χ3n) is 4.02. The molecule has 0 unspecified atom stereocenters. The fraction of sp³-hybridized carbons (Fsp3) is 0.136. The lowest BCUT2D eigenvalue weighted by atomic mass is 9.89. The van der Waals surface area contributed by atoms with Gasteiger partial charge in [-0.2, -0.15) is 0 Å². The fourth-order valence-electron chi connectivity index (χ4n) is 2.76. The zero-order valence-corrected chi connectivity index (χ0v) is 13.5. The van der Waals surface area contributed by atoms with Crippen LogP contribution in [0.15, 0.2) is 91.0 Å². The lowest BCUT2D eigenvalue weighted by Crippen LogP contribution is -2.11. The molecule has 0 radical (unpaired) electrons. The van der Waals surface area contributed by atoms with Gasteiger partial charge in [-0.3, -0.25) is 4.79 Å². The van der Waals surface area contributed by atoms with Crippen LogP contribution in [0, 0.1) is 0 Å². The summed E-state index contributed by atoms with van der Waals surface area (Å²) in [6, 6.07) is 30.0. The molecular weight excluding hydrogens is 296 g/mol. The van der Waals surface area contributed by atoms with Crippen LogP contribution in [-0.4, -0.2) is 5.97 Å². The Labute approximate surface area is 142 Å². The first kappa shape index (κ1) is 16.0. The second kappa shape index (κ2) is 8.11. The highest BCUT2D eigenvalue weighted by Gasteiger charge is 2.18. The predicted octanol–water partition coefficient (Wildman–Crippen LogP) is 4.95. The van der Waals surface area contributed by atoms with Crippen molar-refractivity contribution in [1.82, 2.24) is 0 Å². The minimum Gasteiger partial charge on any atom is -0.461 e. The van der Waals surface area contributed by atoms with Gasteiger partial charge in [-0.15, -0.1) is 0 Å². The molecule has 0 saturated carbocycles. The molecule has 0 aliphatic heterocycles. The van der Waals surface area contributed by atoms with E-state index >= 15 is 0 Å². The topological polar surface area (TPSA) is 26.3 Å². The second-order valence-corrected chi connectivity index (χ2v) is 5.72. The van der Waals surface area contributed by atoms with Crippen molar-refractivity contribution in [2.75, 3.05) is 0 Å². The van der Waals surface area contributed by atoms with E-state index in [1.807, 2.05) is 66.7 Å². The van der Waals surface area contributed by atoms with Gasteiger partial charge in [-0.05, 0) is 16.7 Å². The molecule has 0 aliphatic carbocycles. The van der Waals surface area contributed by atoms with E-state index in [-0.39, 0.29) is 11.9 Å². The van der Waals surface area contributed by atoms with Crippen molar-refractivity contribution in [3.63, 3.8) is 0 Å². The maximum atomic E-state index is 12.4. The SMILES string of the molecule is O=C(CC(c1ccccc1)c1ccccc1)OCc1ccccc1. The summed E-state index contributed by atoms with van der Waals surface area (Å²) >= 11 is 0. The molecule has 0 fully saturated rings. The molecule has 0 heterocycles. The lowest BCUT2D eigenvalue weighted by Gasteiger charge is -2.17. The lowest BCUT2D eigenvalue weighted by molar-refractivity contribution is -0.145. The second-order valence-electron chi connectivity index (χ2n) is 5.72. The smallest absolute Gasteiger partial charge is 0.307 e. The van der Waals surface area contributed by atoms with E-state index in [2.05, 4.69) is 24.3 Å². The van der Waals surface area contributed by atoms with Gasteiger partial charge in [0.1, 0.15) is 6.61 Å². The minimum atomic E-state index is -0.184. The minimum absolute atomic E-state index is 0.00988. The van der Waals surface area contributed by atoms with Crippen molar-refractivity contribution in [3.05, 3.63) is 108 Å². The normalized spacial score (nSPS) is 10.5. The van der Waals surface area contributed by atoms with Gasteiger partial charge in [-0.1, -0.05) is 91.0 Å². The van der Waals surface area contributed by atoms with Gasteiger partial charge in [0.15, 0.2) is 0 Å². The number of hydrogen-bond donors (Lipinski definition) is 0. The summed E-state index contributed by atoms with van der Waals surface area (Å²) in [5.41, 5.74) is 3.25. The Morgan fingerprint density at radius 3 is 1.67 bits per heavy atom. The van der Waals surface area contributed by atoms with Crippen LogP contribution in [0.4, 0.5) is 0 Å². The zero-order chi connectivity index (χ0) is 16.6. The Hall–Kier alpha value is -2.87. The van der Waals surface area contributed by atoms with Crippen molar-refractivity contribution in [3.8, 4) is 0 Å². The highest BCUT2D eigenvalue weighted by molar-refractivity contribution is 5.71. The van der Waals surface area contributed by atoms with Crippen molar-refractivity contribution in [1.29, 1.82) is 0 Å². The fourth-order valence-corrected chi connectivity index (χ4v) is 2.76. The van der Waals surface area contributed by atoms with Crippen molar-refractivity contribution >= 4 is 5.97 Å². The van der Waals surface area contributed by atoms with E-state index < -0.39 is 0 Å². The van der Waals surface area contributed by atoms with Gasteiger partial charge in [0.2, 0.25) is 0 Å². The summed E-state index contributed by atoms with van der Waals surface area (Å²) in [4.78, 5) is 12.4. The van der Waals surface area contributed by atoms with Gasteiger partial charge in [0, 0.05) is 5.92 Å². The first-order valence-electron chi connectivity index (χ1n) is 8.12. The van der Waals surface area contributed by atoms with Crippen LogP contribution in [0.25, 0.3) is 0 Å². The summed E-state index contributed by atoms with van der Waals surface area (Å²) in [6.45, 7) is 0.315. The van der Waals surface area contributed by atoms with Crippen molar-refractivity contribution in [2.45, 2.75) is 18.9 Å². The molecule has 0 aliphatic rings. The molecule has 2 heteroatoms. The van der Waals surface area contributed by atoms with Crippen molar-refractivity contribution < 1.29 is 9.53 Å². The van der Waals surface area contributed by atoms with Crippen LogP contribution >= 0.6 is 0 Å². The largest absolute Gasteiger partial charge is 0.461 e. The van der Waals surface area contributed by atoms with Gasteiger partial charge >= 0.3 is 5.97 Å². The van der Waals surface area contributed by atoms with Crippen LogP contribution in [0.5, 0.6) is 0 Å². The molecule has 0 aromatic heterocycles. The van der Waals surface area contributed by atoms with Crippen LogP contribution in [0.1, 0.15) is 29.0 Å². The van der Waals surface area contributed by atoms with E-state index in [4.69, 9.17) is 4.74 Å². The monoisotopic (exact) mass is 316 g/mol. The number of benzene rings is 3. The number of carbonyl (C=O) groups excluding carboxylic acids is 1. The van der Waals surface area contributed by atoms with Gasteiger partial charge in [0.25, 0.3) is 0 Å². The molecule has 0 bridgehead atoms. The highest BCUT2D eigenvalue weighted by Crippen LogP contribution is 2.28. The number of carbonyl (C=O) groups is 1. The van der Waals surface area contributed by atoms with E-state index in [0.717, 1.165) is 16.7 Å². The molecule has 0 atom stereocenters. The maximum Gasteiger partial charge on any atom is 0.307 e. The Morgan fingerprint density at radius 2 is 1.17 bits per heavy atom. The predicted molar refractivity (Wildman–Crippen MR) is 95.6 cm³/mol. The molecule has 0 N–H and O–H groups in total. The molecule has 0 amide bonds. The average molecular weight is 316 g/mol. The third kappa shape index (κ3) is 4.32. The number of hydrogen-bond acceptors (Lipinski definition) is 2. The Morgan fingerprint density at radius 1 is 0.708 bits per heavy atom. The van der Waals surface area contributed by atoms with Crippen LogP contribution in [0.3, 0.4) is 0 Å². The number of ether oxygens (including phenoxy) is 1. The molecule has 120 valence electrons. The summed E-state index contributed by atoms with van der Waals surface area (Å²) in [6.07, 6.45) is 0.334. The summed E-state index contributed by atoms with van der Waals surface area (Å²) in [7, 11) is 0. The van der Waals surface area contributed by atoms with Gasteiger partial charge < -0.3 is 4.74 Å². The molecule has 3 aromatic carbocycles. The summed E-state index contributed by atoms with van der Waals surface area (Å²) in [5, 5.41) is 0. The molecular formula is C22H20O2. The Bertz CT molecular complexity index is 712. The highest BCUT2D eigenvalue weighted by atomic mass is 16.5. The van der Waals surface area contributed by atoms with Crippen LogP contribution < -0.4 is 0 Å². The zero-order valence-electron chi connectivity index (χ0n) is 13.5. The maximum absolute atomic E-state index is 12.4. The van der Waals surface area contributed by atoms with Gasteiger partial charge in [-0.25, -0.2) is 0 Å². The quantitative estimate of drug-likeness (QED) is 0.601. The first-order chi connectivity index (χ1) is 11.8. The molecule has 2 nitrogen and oxygen atoms in total. The molecule has 0 saturated heterocycles. The average Bonchev–Trinajstić information content (AvgIpc) is 2.67.